The number of halogens is 1. The number of carbonyl (C=O) groups is 1. The van der Waals surface area contributed by atoms with Gasteiger partial charge in [-0.15, -0.1) is 0 Å². The van der Waals surface area contributed by atoms with Gasteiger partial charge in [-0.2, -0.15) is 0 Å². The van der Waals surface area contributed by atoms with Crippen molar-refractivity contribution < 1.29 is 9.18 Å². The van der Waals surface area contributed by atoms with Crippen molar-refractivity contribution >= 4 is 11.8 Å². The number of hydrogen-bond donors (Lipinski definition) is 1. The van der Waals surface area contributed by atoms with Crippen LogP contribution in [0.4, 0.5) is 15.0 Å². The number of nitrogens with one attached hydrogen (secondary N) is 1. The molecule has 0 bridgehead atoms. The molecule has 3 aliphatic rings. The summed E-state index contributed by atoms with van der Waals surface area (Å²) in [7, 11) is 0. The van der Waals surface area contributed by atoms with E-state index in [9.17, 15) is 9.18 Å². The third-order valence-corrected chi connectivity index (χ3v) is 5.66. The number of anilines is 1. The maximum absolute atomic E-state index is 13.9. The van der Waals surface area contributed by atoms with E-state index in [0.29, 0.717) is 18.4 Å². The van der Waals surface area contributed by atoms with Crippen LogP contribution in [0.15, 0.2) is 18.3 Å². The maximum Gasteiger partial charge on any atom is 0.317 e. The molecular weight excluding hydrogens is 321 g/mol. The zero-order chi connectivity index (χ0) is 17.2. The summed E-state index contributed by atoms with van der Waals surface area (Å²) in [6.07, 6.45) is 6.07. The lowest BCUT2D eigenvalue weighted by molar-refractivity contribution is 0.196. The molecule has 3 saturated heterocycles. The third kappa shape index (κ3) is 3.56. The van der Waals surface area contributed by atoms with Crippen LogP contribution in [-0.2, 0) is 0 Å². The van der Waals surface area contributed by atoms with Crippen molar-refractivity contribution in [2.75, 3.05) is 44.2 Å². The van der Waals surface area contributed by atoms with Gasteiger partial charge >= 0.3 is 6.03 Å². The molecule has 25 heavy (non-hydrogen) atoms. The first-order chi connectivity index (χ1) is 12.2. The van der Waals surface area contributed by atoms with Gasteiger partial charge in [0, 0.05) is 44.5 Å². The van der Waals surface area contributed by atoms with Crippen LogP contribution in [0.1, 0.15) is 25.7 Å². The molecular formula is C18H26FN5O. The van der Waals surface area contributed by atoms with Crippen LogP contribution < -0.4 is 10.2 Å². The van der Waals surface area contributed by atoms with Crippen molar-refractivity contribution in [1.82, 2.24) is 20.1 Å². The van der Waals surface area contributed by atoms with Gasteiger partial charge in [0.05, 0.1) is 0 Å². The molecule has 7 heteroatoms. The second-order valence-electron chi connectivity index (χ2n) is 7.32. The molecule has 0 saturated carbocycles. The summed E-state index contributed by atoms with van der Waals surface area (Å²) < 4.78 is 13.9. The topological polar surface area (TPSA) is 51.7 Å². The summed E-state index contributed by atoms with van der Waals surface area (Å²) in [6.45, 7) is 5.34. The number of hydrogen-bond acceptors (Lipinski definition) is 4. The van der Waals surface area contributed by atoms with Gasteiger partial charge in [-0.25, -0.2) is 14.2 Å². The van der Waals surface area contributed by atoms with Crippen molar-refractivity contribution in [3.8, 4) is 0 Å². The predicted molar refractivity (Wildman–Crippen MR) is 94.1 cm³/mol. The Morgan fingerprint density at radius 3 is 2.80 bits per heavy atom. The van der Waals surface area contributed by atoms with Gasteiger partial charge in [0.15, 0.2) is 11.6 Å². The first-order valence-electron chi connectivity index (χ1n) is 9.35. The first-order valence-corrected chi connectivity index (χ1v) is 9.35. The summed E-state index contributed by atoms with van der Waals surface area (Å²) in [5.41, 5.74) is 0. The number of nitrogens with zero attached hydrogens (tertiary/aromatic N) is 4. The molecule has 136 valence electrons. The highest BCUT2D eigenvalue weighted by Crippen LogP contribution is 2.22. The molecule has 0 spiro atoms. The fourth-order valence-corrected chi connectivity index (χ4v) is 4.28. The zero-order valence-corrected chi connectivity index (χ0v) is 14.5. The lowest BCUT2D eigenvalue weighted by Gasteiger charge is -2.24. The highest BCUT2D eigenvalue weighted by atomic mass is 19.1. The average Bonchev–Trinajstić information content (AvgIpc) is 3.36. The summed E-state index contributed by atoms with van der Waals surface area (Å²) in [6, 6.07) is 3.63. The molecule has 2 atom stereocenters. The molecule has 2 amide bonds. The normalized spacial score (nSPS) is 27.2. The van der Waals surface area contributed by atoms with Crippen LogP contribution in [0.2, 0.25) is 0 Å². The van der Waals surface area contributed by atoms with Gasteiger partial charge in [-0.1, -0.05) is 0 Å². The third-order valence-electron chi connectivity index (χ3n) is 5.66. The number of aromatic nitrogens is 1. The Balaban J connectivity index is 1.28. The number of pyridine rings is 1. The van der Waals surface area contributed by atoms with Gasteiger partial charge in [-0.05, 0) is 50.9 Å². The molecule has 4 heterocycles. The van der Waals surface area contributed by atoms with Crippen molar-refractivity contribution in [2.24, 2.45) is 0 Å². The lowest BCUT2D eigenvalue weighted by atomic mass is 10.2. The molecule has 4 rings (SSSR count). The van der Waals surface area contributed by atoms with Crippen molar-refractivity contribution in [2.45, 2.75) is 37.8 Å². The van der Waals surface area contributed by atoms with E-state index in [1.165, 1.54) is 32.0 Å². The molecule has 1 aromatic rings. The minimum absolute atomic E-state index is 0.0232. The molecule has 3 fully saturated rings. The van der Waals surface area contributed by atoms with Crippen LogP contribution in [0, 0.1) is 5.82 Å². The van der Waals surface area contributed by atoms with E-state index in [0.717, 1.165) is 32.5 Å². The maximum atomic E-state index is 13.9. The van der Waals surface area contributed by atoms with E-state index < -0.39 is 0 Å². The first kappa shape index (κ1) is 16.6. The smallest absolute Gasteiger partial charge is 0.317 e. The van der Waals surface area contributed by atoms with Gasteiger partial charge < -0.3 is 15.1 Å². The van der Waals surface area contributed by atoms with E-state index >= 15 is 0 Å². The Morgan fingerprint density at radius 1 is 1.16 bits per heavy atom. The highest BCUT2D eigenvalue weighted by Gasteiger charge is 2.33. The average molecular weight is 347 g/mol. The summed E-state index contributed by atoms with van der Waals surface area (Å²) in [5.74, 6) is 0.0805. The summed E-state index contributed by atoms with van der Waals surface area (Å²) in [4.78, 5) is 23.1. The van der Waals surface area contributed by atoms with Gasteiger partial charge in [-0.3, -0.25) is 4.90 Å². The van der Waals surface area contributed by atoms with Crippen LogP contribution in [-0.4, -0.2) is 72.2 Å². The Labute approximate surface area is 148 Å². The summed E-state index contributed by atoms with van der Waals surface area (Å²) >= 11 is 0. The Hall–Kier alpha value is -1.89. The molecule has 1 aromatic heterocycles. The number of likely N-dealkylation sites (tertiary alicyclic amines) is 2. The lowest BCUT2D eigenvalue weighted by Crippen LogP contribution is -2.46. The highest BCUT2D eigenvalue weighted by molar-refractivity contribution is 5.75. The van der Waals surface area contributed by atoms with E-state index in [2.05, 4.69) is 15.2 Å². The van der Waals surface area contributed by atoms with E-state index in [-0.39, 0.29) is 17.9 Å². The fourth-order valence-electron chi connectivity index (χ4n) is 4.28. The van der Waals surface area contributed by atoms with E-state index in [1.54, 1.807) is 12.3 Å². The van der Waals surface area contributed by atoms with Crippen molar-refractivity contribution in [1.29, 1.82) is 0 Å². The molecule has 0 aliphatic carbocycles. The van der Waals surface area contributed by atoms with Crippen LogP contribution >= 0.6 is 0 Å². The van der Waals surface area contributed by atoms with Gasteiger partial charge in [0.25, 0.3) is 0 Å². The van der Waals surface area contributed by atoms with Crippen molar-refractivity contribution in [3.05, 3.63) is 24.1 Å². The van der Waals surface area contributed by atoms with Gasteiger partial charge in [0.2, 0.25) is 0 Å². The molecule has 2 unspecified atom stereocenters. The minimum Gasteiger partial charge on any atom is -0.352 e. The number of urea groups is 1. The molecule has 6 nitrogen and oxygen atoms in total. The van der Waals surface area contributed by atoms with Crippen LogP contribution in [0.3, 0.4) is 0 Å². The van der Waals surface area contributed by atoms with Gasteiger partial charge in [0.1, 0.15) is 0 Å². The van der Waals surface area contributed by atoms with Crippen molar-refractivity contribution in [3.63, 3.8) is 0 Å². The van der Waals surface area contributed by atoms with Crippen LogP contribution in [0.25, 0.3) is 0 Å². The van der Waals surface area contributed by atoms with Crippen LogP contribution in [0.5, 0.6) is 0 Å². The molecule has 0 aromatic carbocycles. The second kappa shape index (κ2) is 7.15. The molecule has 1 N–H and O–H groups in total. The second-order valence-corrected chi connectivity index (χ2v) is 7.32. The number of amides is 2. The van der Waals surface area contributed by atoms with E-state index in [4.69, 9.17) is 0 Å². The zero-order valence-electron chi connectivity index (χ0n) is 14.5. The fraction of sp³-hybridized carbons (Fsp3) is 0.667. The number of carbonyl (C=O) groups excluding carboxylic acids is 1. The Morgan fingerprint density at radius 2 is 2.00 bits per heavy atom. The SMILES string of the molecule is O=C(NC1CCN(c2ncccc2F)C1)N1CCC(N2CCCC2)C1. The number of rotatable bonds is 3. The Kier molecular flexibility index (Phi) is 4.74. The predicted octanol–water partition coefficient (Wildman–Crippen LogP) is 1.68. The van der Waals surface area contributed by atoms with E-state index in [1.807, 2.05) is 9.80 Å². The standard InChI is InChI=1S/C18H26FN5O/c19-16-4-3-7-20-17(16)23-10-5-14(12-23)21-18(25)24-11-6-15(13-24)22-8-1-2-9-22/h3-4,7,14-15H,1-2,5-6,8-13H2,(H,21,25). The largest absolute Gasteiger partial charge is 0.352 e. The summed E-state index contributed by atoms with van der Waals surface area (Å²) in [5, 5.41) is 3.13. The molecule has 3 aliphatic heterocycles. The Bertz CT molecular complexity index is 621. The monoisotopic (exact) mass is 347 g/mol. The minimum atomic E-state index is -0.303. The quantitative estimate of drug-likeness (QED) is 0.904. The molecule has 0 radical (unpaired) electrons.